The molecule has 0 aliphatic carbocycles. The minimum atomic E-state index is -3.69. The van der Waals surface area contributed by atoms with Gasteiger partial charge in [0.15, 0.2) is 0 Å². The lowest BCUT2D eigenvalue weighted by molar-refractivity contribution is -0.137. The molecule has 4 heterocycles. The highest BCUT2D eigenvalue weighted by molar-refractivity contribution is 7.89. The minimum absolute atomic E-state index is 0.0359. The summed E-state index contributed by atoms with van der Waals surface area (Å²) in [5, 5.41) is 10.1. The second-order valence-electron chi connectivity index (χ2n) is 7.85. The Bertz CT molecular complexity index is 1200. The quantitative estimate of drug-likeness (QED) is 0.595. The van der Waals surface area contributed by atoms with E-state index in [1.807, 2.05) is 19.9 Å². The van der Waals surface area contributed by atoms with Gasteiger partial charge in [0.25, 0.3) is 0 Å². The highest BCUT2D eigenvalue weighted by atomic mass is 32.2. The number of carboxylic acid groups (broad SMARTS) is 1. The predicted octanol–water partition coefficient (Wildman–Crippen LogP) is 2.48. The fourth-order valence-electron chi connectivity index (χ4n) is 3.95. The number of aromatic nitrogens is 3. The number of sulfonamides is 1. The van der Waals surface area contributed by atoms with E-state index < -0.39 is 16.0 Å². The van der Waals surface area contributed by atoms with Gasteiger partial charge in [0.2, 0.25) is 15.9 Å². The maximum atomic E-state index is 13.1. The van der Waals surface area contributed by atoms with Crippen molar-refractivity contribution in [3.63, 3.8) is 0 Å². The average Bonchev–Trinajstić information content (AvgIpc) is 3.34. The Morgan fingerprint density at radius 3 is 2.77 bits per heavy atom. The predicted molar refractivity (Wildman–Crippen MR) is 113 cm³/mol. The highest BCUT2D eigenvalue weighted by Crippen LogP contribution is 2.35. The van der Waals surface area contributed by atoms with Crippen LogP contribution in [0.15, 0.2) is 47.9 Å². The number of pyridine rings is 2. The van der Waals surface area contributed by atoms with Gasteiger partial charge in [-0.2, -0.15) is 4.31 Å². The van der Waals surface area contributed by atoms with Gasteiger partial charge in [0, 0.05) is 42.9 Å². The molecule has 1 unspecified atom stereocenters. The molecular weight excluding hydrogens is 420 g/mol. The van der Waals surface area contributed by atoms with Crippen molar-refractivity contribution in [1.29, 1.82) is 0 Å². The van der Waals surface area contributed by atoms with Crippen LogP contribution in [0.4, 0.5) is 0 Å². The van der Waals surface area contributed by atoms with E-state index in [-0.39, 0.29) is 23.5 Å². The van der Waals surface area contributed by atoms with E-state index in [2.05, 4.69) is 9.97 Å². The smallest absolute Gasteiger partial charge is 0.323 e. The van der Waals surface area contributed by atoms with Crippen molar-refractivity contribution in [3.8, 4) is 5.88 Å². The summed E-state index contributed by atoms with van der Waals surface area (Å²) in [6.07, 6.45) is 7.03. The van der Waals surface area contributed by atoms with E-state index in [1.165, 1.54) is 16.6 Å². The van der Waals surface area contributed by atoms with E-state index in [9.17, 15) is 18.3 Å². The summed E-state index contributed by atoms with van der Waals surface area (Å²) in [7, 11) is -3.69. The first-order valence-corrected chi connectivity index (χ1v) is 11.5. The van der Waals surface area contributed by atoms with E-state index >= 15 is 0 Å². The molecule has 0 radical (unpaired) electrons. The Hall–Kier alpha value is -2.98. The molecule has 31 heavy (non-hydrogen) atoms. The van der Waals surface area contributed by atoms with Crippen molar-refractivity contribution in [2.75, 3.05) is 13.1 Å². The maximum Gasteiger partial charge on any atom is 0.323 e. The molecule has 3 aromatic rings. The fraction of sp³-hybridized carbons (Fsp3) is 0.381. The molecular formula is C21H24N4O5S. The first-order chi connectivity index (χ1) is 14.8. The van der Waals surface area contributed by atoms with E-state index in [4.69, 9.17) is 4.74 Å². The molecule has 0 bridgehead atoms. The van der Waals surface area contributed by atoms with Crippen molar-refractivity contribution in [2.24, 2.45) is 0 Å². The van der Waals surface area contributed by atoms with Gasteiger partial charge in [0.05, 0.1) is 24.0 Å². The second-order valence-corrected chi connectivity index (χ2v) is 9.78. The van der Waals surface area contributed by atoms with Crippen LogP contribution >= 0.6 is 0 Å². The van der Waals surface area contributed by atoms with Crippen molar-refractivity contribution < 1.29 is 23.1 Å². The third-order valence-electron chi connectivity index (χ3n) is 5.32. The first-order valence-electron chi connectivity index (χ1n) is 10.0. The van der Waals surface area contributed by atoms with Crippen LogP contribution in [-0.2, 0) is 21.4 Å². The molecule has 1 saturated heterocycles. The van der Waals surface area contributed by atoms with Gasteiger partial charge in [0.1, 0.15) is 11.4 Å². The lowest BCUT2D eigenvalue weighted by Crippen LogP contribution is -2.28. The third kappa shape index (κ3) is 4.26. The summed E-state index contributed by atoms with van der Waals surface area (Å²) >= 11 is 0. The Balaban J connectivity index is 1.57. The molecule has 0 amide bonds. The van der Waals surface area contributed by atoms with Crippen molar-refractivity contribution in [2.45, 2.75) is 43.7 Å². The number of rotatable bonds is 7. The summed E-state index contributed by atoms with van der Waals surface area (Å²) in [6.45, 7) is 4.28. The van der Waals surface area contributed by atoms with Crippen molar-refractivity contribution >= 4 is 26.9 Å². The van der Waals surface area contributed by atoms with Crippen LogP contribution in [0.2, 0.25) is 0 Å². The number of nitrogens with zero attached hydrogens (tertiary/aromatic N) is 4. The zero-order chi connectivity index (χ0) is 22.2. The lowest BCUT2D eigenvalue weighted by atomic mass is 9.98. The monoisotopic (exact) mass is 444 g/mol. The van der Waals surface area contributed by atoms with Crippen LogP contribution in [0.25, 0.3) is 10.9 Å². The van der Waals surface area contributed by atoms with Gasteiger partial charge in [-0.1, -0.05) is 0 Å². The zero-order valence-electron chi connectivity index (χ0n) is 17.3. The average molecular weight is 445 g/mol. The number of ether oxygens (including phenoxy) is 1. The molecule has 4 rings (SSSR count). The second kappa shape index (κ2) is 8.27. The summed E-state index contributed by atoms with van der Waals surface area (Å²) in [5.74, 6) is -0.598. The first kappa shape index (κ1) is 21.3. The molecule has 0 spiro atoms. The standard InChI is InChI=1S/C21H24N4O5S/c1-14(2)30-20-4-3-16(9-23-20)31(28,29)25-8-6-15(11-25)18-12-24(13-21(26)27)19-10-22-7-5-17(18)19/h3-5,7,9-10,12,14-15H,6,8,11,13H2,1-2H3,(H,26,27). The Morgan fingerprint density at radius 2 is 2.10 bits per heavy atom. The molecule has 1 fully saturated rings. The highest BCUT2D eigenvalue weighted by Gasteiger charge is 2.34. The van der Waals surface area contributed by atoms with E-state index in [0.29, 0.717) is 25.4 Å². The molecule has 1 aliphatic rings. The third-order valence-corrected chi connectivity index (χ3v) is 7.16. The molecule has 10 heteroatoms. The van der Waals surface area contributed by atoms with Crippen LogP contribution in [0.5, 0.6) is 5.88 Å². The van der Waals surface area contributed by atoms with Gasteiger partial charge < -0.3 is 14.4 Å². The lowest BCUT2D eigenvalue weighted by Gasteiger charge is -2.17. The SMILES string of the molecule is CC(C)Oc1ccc(S(=O)(=O)N2CCC(c3cn(CC(=O)O)c4cnccc34)C2)cn1. The number of carboxylic acids is 1. The minimum Gasteiger partial charge on any atom is -0.480 e. The van der Waals surface area contributed by atoms with Crippen LogP contribution in [0.3, 0.4) is 0 Å². The van der Waals surface area contributed by atoms with Gasteiger partial charge in [-0.25, -0.2) is 13.4 Å². The van der Waals surface area contributed by atoms with E-state index in [1.54, 1.807) is 29.2 Å². The Labute approximate surface area is 180 Å². The van der Waals surface area contributed by atoms with Gasteiger partial charge in [-0.3, -0.25) is 9.78 Å². The molecule has 1 atom stereocenters. The Morgan fingerprint density at radius 1 is 1.29 bits per heavy atom. The van der Waals surface area contributed by atoms with Gasteiger partial charge >= 0.3 is 5.97 Å². The molecule has 1 N–H and O–H groups in total. The normalized spacial score (nSPS) is 17.5. The maximum absolute atomic E-state index is 13.1. The number of hydrogen-bond donors (Lipinski definition) is 1. The number of fused-ring (bicyclic) bond motifs is 1. The van der Waals surface area contributed by atoms with Crippen LogP contribution < -0.4 is 4.74 Å². The zero-order valence-corrected chi connectivity index (χ0v) is 18.1. The van der Waals surface area contributed by atoms with Crippen LogP contribution in [0, 0.1) is 0 Å². The van der Waals surface area contributed by atoms with Gasteiger partial charge in [-0.15, -0.1) is 0 Å². The summed E-state index contributed by atoms with van der Waals surface area (Å²) in [6, 6.07) is 4.92. The number of carbonyl (C=O) groups is 1. The summed E-state index contributed by atoms with van der Waals surface area (Å²) in [4.78, 5) is 19.6. The molecule has 3 aromatic heterocycles. The van der Waals surface area contributed by atoms with Crippen molar-refractivity contribution in [1.82, 2.24) is 18.8 Å². The number of aliphatic carboxylic acids is 1. The molecule has 1 aliphatic heterocycles. The van der Waals surface area contributed by atoms with Crippen molar-refractivity contribution in [3.05, 3.63) is 48.5 Å². The molecule has 0 saturated carbocycles. The molecule has 9 nitrogen and oxygen atoms in total. The summed E-state index contributed by atoms with van der Waals surface area (Å²) in [5.41, 5.74) is 1.67. The molecule has 164 valence electrons. The van der Waals surface area contributed by atoms with Crippen LogP contribution in [0.1, 0.15) is 31.7 Å². The largest absolute Gasteiger partial charge is 0.480 e. The Kier molecular flexibility index (Phi) is 5.67. The summed E-state index contributed by atoms with van der Waals surface area (Å²) < 4.78 is 34.8. The number of hydrogen-bond acceptors (Lipinski definition) is 6. The van der Waals surface area contributed by atoms with E-state index in [0.717, 1.165) is 16.5 Å². The van der Waals surface area contributed by atoms with Crippen LogP contribution in [-0.4, -0.2) is 57.5 Å². The van der Waals surface area contributed by atoms with Gasteiger partial charge in [-0.05, 0) is 38.0 Å². The topological polar surface area (TPSA) is 115 Å². The fourth-order valence-corrected chi connectivity index (χ4v) is 5.39. The molecule has 0 aromatic carbocycles.